The van der Waals surface area contributed by atoms with E-state index in [1.165, 1.54) is 32.1 Å². The molecule has 1 aliphatic rings. The Bertz CT molecular complexity index is 337. The van der Waals surface area contributed by atoms with E-state index in [1.54, 1.807) is 0 Å². The van der Waals surface area contributed by atoms with Gasteiger partial charge in [-0.2, -0.15) is 8.42 Å². The van der Waals surface area contributed by atoms with Crippen molar-refractivity contribution in [2.75, 3.05) is 51.6 Å². The van der Waals surface area contributed by atoms with Crippen molar-refractivity contribution in [1.82, 2.24) is 9.80 Å². The number of aliphatic hydroxyl groups is 1. The van der Waals surface area contributed by atoms with Crippen LogP contribution in [0, 0.1) is 0 Å². The first-order chi connectivity index (χ1) is 10.4. The highest BCUT2D eigenvalue weighted by Crippen LogP contribution is 2.01. The van der Waals surface area contributed by atoms with Crippen LogP contribution >= 0.6 is 0 Å². The Labute approximate surface area is 136 Å². The molecule has 0 aromatic heterocycles. The van der Waals surface area contributed by atoms with Crippen molar-refractivity contribution in [2.45, 2.75) is 46.0 Å². The Kier molecular flexibility index (Phi) is 13.1. The van der Waals surface area contributed by atoms with E-state index >= 15 is 0 Å². The molecule has 22 heavy (non-hydrogen) atoms. The van der Waals surface area contributed by atoms with Gasteiger partial charge in [-0.3, -0.25) is 14.4 Å². The van der Waals surface area contributed by atoms with E-state index in [9.17, 15) is 8.42 Å². The number of rotatable bonds is 9. The molecule has 0 radical (unpaired) electrons. The quantitative estimate of drug-likeness (QED) is 0.489. The van der Waals surface area contributed by atoms with Crippen LogP contribution in [0.4, 0.5) is 0 Å². The Hall–Kier alpha value is -0.210. The lowest BCUT2D eigenvalue weighted by Gasteiger charge is -2.33. The van der Waals surface area contributed by atoms with Gasteiger partial charge in [0.2, 0.25) is 0 Å². The van der Waals surface area contributed by atoms with Crippen molar-refractivity contribution in [1.29, 1.82) is 0 Å². The first-order valence-electron chi connectivity index (χ1n) is 8.43. The molecule has 6 nitrogen and oxygen atoms in total. The van der Waals surface area contributed by atoms with E-state index in [4.69, 9.17) is 9.66 Å². The van der Waals surface area contributed by atoms with Crippen LogP contribution in [0.2, 0.25) is 0 Å². The highest BCUT2D eigenvalue weighted by molar-refractivity contribution is 7.85. The van der Waals surface area contributed by atoms with Gasteiger partial charge in [0, 0.05) is 39.3 Å². The minimum atomic E-state index is -3.84. The van der Waals surface area contributed by atoms with Gasteiger partial charge in [-0.05, 0) is 0 Å². The number of hydrogen-bond acceptors (Lipinski definition) is 5. The van der Waals surface area contributed by atoms with E-state index in [0.29, 0.717) is 13.1 Å². The van der Waals surface area contributed by atoms with Gasteiger partial charge in [-0.15, -0.1) is 0 Å². The third-order valence-corrected chi connectivity index (χ3v) is 4.45. The lowest BCUT2D eigenvalue weighted by molar-refractivity contribution is 0.116. The van der Waals surface area contributed by atoms with Gasteiger partial charge in [0.25, 0.3) is 10.1 Å². The molecule has 1 heterocycles. The van der Waals surface area contributed by atoms with Gasteiger partial charge < -0.3 is 5.11 Å². The summed E-state index contributed by atoms with van der Waals surface area (Å²) in [6, 6.07) is 0. The van der Waals surface area contributed by atoms with Gasteiger partial charge in [0.15, 0.2) is 0 Å². The predicted octanol–water partition coefficient (Wildman–Crippen LogP) is 1.46. The van der Waals surface area contributed by atoms with Gasteiger partial charge in [0.05, 0.1) is 12.4 Å². The molecule has 0 aliphatic carbocycles. The van der Waals surface area contributed by atoms with Crippen molar-refractivity contribution in [3.05, 3.63) is 0 Å². The molecule has 0 unspecified atom stereocenters. The second kappa shape index (κ2) is 13.2. The summed E-state index contributed by atoms with van der Waals surface area (Å²) in [4.78, 5) is 4.13. The van der Waals surface area contributed by atoms with Crippen LogP contribution in [0.3, 0.4) is 0 Å². The maximum atomic E-state index is 10.5. The summed E-state index contributed by atoms with van der Waals surface area (Å²) < 4.78 is 29.6. The van der Waals surface area contributed by atoms with Gasteiger partial charge >= 0.3 is 0 Å². The minimum Gasteiger partial charge on any atom is -0.395 e. The zero-order valence-electron chi connectivity index (χ0n) is 14.2. The molecule has 1 aliphatic heterocycles. The fraction of sp³-hybridized carbons (Fsp3) is 1.00. The summed E-state index contributed by atoms with van der Waals surface area (Å²) in [6.07, 6.45) is 7.01. The van der Waals surface area contributed by atoms with Crippen molar-refractivity contribution < 1.29 is 18.1 Å². The van der Waals surface area contributed by atoms with Crippen LogP contribution < -0.4 is 0 Å². The zero-order valence-corrected chi connectivity index (χ0v) is 15.0. The van der Waals surface area contributed by atoms with Gasteiger partial charge in [-0.1, -0.05) is 46.0 Å². The van der Waals surface area contributed by atoms with E-state index in [-0.39, 0.29) is 12.4 Å². The molecule has 0 spiro atoms. The smallest absolute Gasteiger partial charge is 0.266 e. The molecule has 2 N–H and O–H groups in total. The summed E-state index contributed by atoms with van der Waals surface area (Å²) in [5, 5.41) is 8.73. The van der Waals surface area contributed by atoms with E-state index < -0.39 is 10.1 Å². The monoisotopic (exact) mass is 338 g/mol. The fourth-order valence-electron chi connectivity index (χ4n) is 2.30. The molecule has 1 fully saturated rings. The molecule has 7 heteroatoms. The summed E-state index contributed by atoms with van der Waals surface area (Å²) in [5.74, 6) is -0.201. The Morgan fingerprint density at radius 2 is 1.32 bits per heavy atom. The second-order valence-corrected chi connectivity index (χ2v) is 7.33. The lowest BCUT2D eigenvalue weighted by Crippen LogP contribution is -2.48. The van der Waals surface area contributed by atoms with Crippen LogP contribution in [-0.2, 0) is 10.1 Å². The number of hydrogen-bond donors (Lipinski definition) is 2. The van der Waals surface area contributed by atoms with Gasteiger partial charge in [-0.25, -0.2) is 0 Å². The zero-order chi connectivity index (χ0) is 16.8. The first kappa shape index (κ1) is 21.8. The van der Waals surface area contributed by atoms with Crippen LogP contribution in [0.15, 0.2) is 0 Å². The molecule has 0 saturated carbocycles. The van der Waals surface area contributed by atoms with Crippen molar-refractivity contribution in [3.63, 3.8) is 0 Å². The normalized spacial score (nSPS) is 17.1. The topological polar surface area (TPSA) is 81.1 Å². The largest absolute Gasteiger partial charge is 0.395 e. The third kappa shape index (κ3) is 13.5. The maximum absolute atomic E-state index is 10.5. The number of β-amino-alcohol motifs (C(OH)–C–C–N with tert-alkyl or cyclic N) is 1. The Morgan fingerprint density at radius 1 is 0.864 bits per heavy atom. The van der Waals surface area contributed by atoms with E-state index in [1.807, 2.05) is 4.90 Å². The highest BCUT2D eigenvalue weighted by Gasteiger charge is 2.17. The summed E-state index contributed by atoms with van der Waals surface area (Å²) in [7, 11) is -3.84. The molecule has 1 rings (SSSR count). The molecule has 0 aromatic carbocycles. The number of nitrogens with zero attached hydrogens (tertiary/aromatic N) is 2. The number of piperazine rings is 1. The highest BCUT2D eigenvalue weighted by atomic mass is 32.2. The van der Waals surface area contributed by atoms with Crippen LogP contribution in [0.5, 0.6) is 0 Å². The average molecular weight is 339 g/mol. The average Bonchev–Trinajstić information content (AvgIpc) is 2.47. The SMILES string of the molecule is CCCCCCC.O=S(=O)(O)CCN1CCN(CCO)CC1. The third-order valence-electron chi connectivity index (χ3n) is 3.75. The molecule has 134 valence electrons. The molecule has 0 aromatic rings. The maximum Gasteiger partial charge on any atom is 0.266 e. The van der Waals surface area contributed by atoms with Crippen molar-refractivity contribution >= 4 is 10.1 Å². The summed E-state index contributed by atoms with van der Waals surface area (Å²) >= 11 is 0. The molecule has 0 atom stereocenters. The Morgan fingerprint density at radius 3 is 1.68 bits per heavy atom. The number of unbranched alkanes of at least 4 members (excludes halogenated alkanes) is 4. The molecular weight excluding hydrogens is 304 g/mol. The lowest BCUT2D eigenvalue weighted by atomic mass is 10.2. The summed E-state index contributed by atoms with van der Waals surface area (Å²) in [5.41, 5.74) is 0. The standard InChI is InChI=1S/C8H18N2O4S.C7H16/c11-7-5-9-1-3-10(4-2-9)6-8-15(12,13)14;1-3-5-7-6-4-2/h11H,1-8H2,(H,12,13,14);3-7H2,1-2H3. The fourth-order valence-corrected chi connectivity index (χ4v) is 2.79. The van der Waals surface area contributed by atoms with Gasteiger partial charge in [0.1, 0.15) is 0 Å². The predicted molar refractivity (Wildman–Crippen MR) is 90.8 cm³/mol. The molecular formula is C15H34N2O4S. The molecule has 1 saturated heterocycles. The van der Waals surface area contributed by atoms with Crippen LogP contribution in [0.1, 0.15) is 46.0 Å². The molecule has 0 amide bonds. The van der Waals surface area contributed by atoms with Crippen molar-refractivity contribution in [2.24, 2.45) is 0 Å². The van der Waals surface area contributed by atoms with E-state index in [0.717, 1.165) is 26.2 Å². The van der Waals surface area contributed by atoms with Crippen LogP contribution in [0.25, 0.3) is 0 Å². The second-order valence-electron chi connectivity index (χ2n) is 5.75. The minimum absolute atomic E-state index is 0.158. The Balaban J connectivity index is 0.000000534. The number of aliphatic hydroxyl groups excluding tert-OH is 1. The first-order valence-corrected chi connectivity index (χ1v) is 10.0. The summed E-state index contributed by atoms with van der Waals surface area (Å²) in [6.45, 7) is 8.96. The van der Waals surface area contributed by atoms with Crippen molar-refractivity contribution in [3.8, 4) is 0 Å². The molecule has 0 bridgehead atoms. The van der Waals surface area contributed by atoms with E-state index in [2.05, 4.69) is 18.7 Å². The van der Waals surface area contributed by atoms with Crippen LogP contribution in [-0.4, -0.2) is 79.5 Å².